The lowest BCUT2D eigenvalue weighted by atomic mass is 10.1. The van der Waals surface area contributed by atoms with Gasteiger partial charge in [-0.25, -0.2) is 4.98 Å². The Labute approximate surface area is 82.3 Å². The van der Waals surface area contributed by atoms with Crippen molar-refractivity contribution in [3.63, 3.8) is 0 Å². The quantitative estimate of drug-likeness (QED) is 0.761. The normalized spacial score (nSPS) is 18.5. The van der Waals surface area contributed by atoms with Gasteiger partial charge in [-0.15, -0.1) is 0 Å². The fraction of sp³-hybridized carbons (Fsp3) is 0.400. The van der Waals surface area contributed by atoms with Crippen molar-refractivity contribution >= 4 is 5.91 Å². The summed E-state index contributed by atoms with van der Waals surface area (Å²) in [5.74, 6) is 0.671. The Kier molecular flexibility index (Phi) is 2.35. The Balaban J connectivity index is 2.14. The lowest BCUT2D eigenvalue weighted by molar-refractivity contribution is -0.121. The van der Waals surface area contributed by atoms with Gasteiger partial charge in [0.1, 0.15) is 6.61 Å². The van der Waals surface area contributed by atoms with Crippen LogP contribution in [0.4, 0.5) is 0 Å². The fourth-order valence-electron chi connectivity index (χ4n) is 1.46. The van der Waals surface area contributed by atoms with Crippen LogP contribution in [0.3, 0.4) is 0 Å². The van der Waals surface area contributed by atoms with Gasteiger partial charge >= 0.3 is 0 Å². The highest BCUT2D eigenvalue weighted by Crippen LogP contribution is 2.29. The molecule has 1 amide bonds. The van der Waals surface area contributed by atoms with E-state index in [0.29, 0.717) is 18.9 Å². The monoisotopic (exact) mass is 192 g/mol. The zero-order valence-corrected chi connectivity index (χ0v) is 7.99. The van der Waals surface area contributed by atoms with E-state index in [-0.39, 0.29) is 11.9 Å². The highest BCUT2D eigenvalue weighted by atomic mass is 16.5. The van der Waals surface area contributed by atoms with Gasteiger partial charge in [0, 0.05) is 18.2 Å². The van der Waals surface area contributed by atoms with E-state index in [1.807, 2.05) is 19.1 Å². The Morgan fingerprint density at radius 1 is 1.79 bits per heavy atom. The van der Waals surface area contributed by atoms with Crippen molar-refractivity contribution < 1.29 is 9.53 Å². The third-order valence-electron chi connectivity index (χ3n) is 2.22. The molecule has 1 aliphatic rings. The first-order valence-corrected chi connectivity index (χ1v) is 4.68. The summed E-state index contributed by atoms with van der Waals surface area (Å²) in [6.45, 7) is 2.31. The minimum Gasteiger partial charge on any atom is -0.475 e. The summed E-state index contributed by atoms with van der Waals surface area (Å²) in [6.07, 6.45) is 2.18. The van der Waals surface area contributed by atoms with Gasteiger partial charge in [0.15, 0.2) is 0 Å². The number of amides is 1. The van der Waals surface area contributed by atoms with Crippen LogP contribution < -0.4 is 10.1 Å². The summed E-state index contributed by atoms with van der Waals surface area (Å²) in [5, 5.41) is 2.88. The van der Waals surface area contributed by atoms with Gasteiger partial charge in [-0.3, -0.25) is 4.79 Å². The second-order valence-electron chi connectivity index (χ2n) is 3.18. The topological polar surface area (TPSA) is 51.2 Å². The molecule has 0 saturated carbocycles. The van der Waals surface area contributed by atoms with E-state index in [2.05, 4.69) is 10.3 Å². The number of rotatable bonds is 2. The number of nitrogens with zero attached hydrogens (tertiary/aromatic N) is 1. The molecule has 2 rings (SSSR count). The maximum atomic E-state index is 11.2. The van der Waals surface area contributed by atoms with Crippen LogP contribution in [0.5, 0.6) is 5.88 Å². The molecule has 0 unspecified atom stereocenters. The van der Waals surface area contributed by atoms with Crippen LogP contribution in [0.1, 0.15) is 24.9 Å². The van der Waals surface area contributed by atoms with Crippen LogP contribution in [0, 0.1) is 0 Å². The molecule has 1 N–H and O–H groups in total. The molecule has 0 spiro atoms. The number of ether oxygens (including phenoxy) is 1. The number of hydrogen-bond acceptors (Lipinski definition) is 3. The second kappa shape index (κ2) is 3.65. The molecule has 0 radical (unpaired) electrons. The first-order chi connectivity index (χ1) is 6.81. The summed E-state index contributed by atoms with van der Waals surface area (Å²) in [5.41, 5.74) is 0.967. The maximum absolute atomic E-state index is 11.2. The van der Waals surface area contributed by atoms with Crippen LogP contribution in [-0.4, -0.2) is 17.5 Å². The molecule has 1 aliphatic heterocycles. The average Bonchev–Trinajstić information content (AvgIpc) is 2.62. The van der Waals surface area contributed by atoms with E-state index in [0.717, 1.165) is 5.56 Å². The molecule has 4 nitrogen and oxygen atoms in total. The summed E-state index contributed by atoms with van der Waals surface area (Å²) in [4.78, 5) is 15.3. The zero-order valence-electron chi connectivity index (χ0n) is 7.99. The van der Waals surface area contributed by atoms with Gasteiger partial charge < -0.3 is 10.1 Å². The van der Waals surface area contributed by atoms with Crippen LogP contribution in [0.25, 0.3) is 0 Å². The largest absolute Gasteiger partial charge is 0.475 e. The first-order valence-electron chi connectivity index (χ1n) is 4.68. The van der Waals surface area contributed by atoms with E-state index in [4.69, 9.17) is 4.74 Å². The van der Waals surface area contributed by atoms with Gasteiger partial charge in [0.25, 0.3) is 0 Å². The van der Waals surface area contributed by atoms with Gasteiger partial charge in [-0.05, 0) is 12.1 Å². The molecule has 74 valence electrons. The maximum Gasteiger partial charge on any atom is 0.220 e. The number of pyridine rings is 1. The fourth-order valence-corrected chi connectivity index (χ4v) is 1.46. The zero-order chi connectivity index (χ0) is 9.97. The standard InChI is InChI=1S/C10H12N2O2/c1-2-9(13)12-8-6-14-10-7(8)4-3-5-11-10/h3-5,8H,2,6H2,1H3,(H,12,13)/t8-/m1/s1. The predicted molar refractivity (Wildman–Crippen MR) is 50.9 cm³/mol. The molecule has 0 bridgehead atoms. The van der Waals surface area contributed by atoms with E-state index in [9.17, 15) is 4.79 Å². The van der Waals surface area contributed by atoms with Gasteiger partial charge in [-0.1, -0.05) is 6.92 Å². The summed E-state index contributed by atoms with van der Waals surface area (Å²) >= 11 is 0. The smallest absolute Gasteiger partial charge is 0.220 e. The minimum atomic E-state index is -0.0360. The minimum absolute atomic E-state index is 0.0360. The Morgan fingerprint density at radius 2 is 2.64 bits per heavy atom. The third-order valence-corrected chi connectivity index (χ3v) is 2.22. The number of carbonyl (C=O) groups excluding carboxylic acids is 1. The second-order valence-corrected chi connectivity index (χ2v) is 3.18. The highest BCUT2D eigenvalue weighted by molar-refractivity contribution is 5.76. The van der Waals surface area contributed by atoms with Crippen LogP contribution in [-0.2, 0) is 4.79 Å². The molecule has 0 fully saturated rings. The summed E-state index contributed by atoms with van der Waals surface area (Å²) in [6, 6.07) is 3.74. The van der Waals surface area contributed by atoms with Gasteiger partial charge in [0.2, 0.25) is 11.8 Å². The number of carbonyl (C=O) groups is 1. The molecular formula is C10H12N2O2. The van der Waals surface area contributed by atoms with Crippen molar-refractivity contribution in [2.24, 2.45) is 0 Å². The molecule has 1 aromatic rings. The van der Waals surface area contributed by atoms with E-state index >= 15 is 0 Å². The molecule has 0 aromatic carbocycles. The van der Waals surface area contributed by atoms with Crippen molar-refractivity contribution in [2.45, 2.75) is 19.4 Å². The highest BCUT2D eigenvalue weighted by Gasteiger charge is 2.25. The SMILES string of the molecule is CCC(=O)N[C@@H]1COc2ncccc21. The van der Waals surface area contributed by atoms with Crippen molar-refractivity contribution in [1.82, 2.24) is 10.3 Å². The Hall–Kier alpha value is -1.58. The average molecular weight is 192 g/mol. The third kappa shape index (κ3) is 1.55. The van der Waals surface area contributed by atoms with E-state index in [1.165, 1.54) is 0 Å². The van der Waals surface area contributed by atoms with Crippen LogP contribution >= 0.6 is 0 Å². The molecule has 1 atom stereocenters. The number of aromatic nitrogens is 1. The van der Waals surface area contributed by atoms with Crippen molar-refractivity contribution in [2.75, 3.05) is 6.61 Å². The molecule has 0 saturated heterocycles. The lowest BCUT2D eigenvalue weighted by Gasteiger charge is -2.09. The van der Waals surface area contributed by atoms with Crippen LogP contribution in [0.2, 0.25) is 0 Å². The summed E-state index contributed by atoms with van der Waals surface area (Å²) < 4.78 is 5.33. The van der Waals surface area contributed by atoms with Gasteiger partial charge in [-0.2, -0.15) is 0 Å². The molecule has 4 heteroatoms. The van der Waals surface area contributed by atoms with Crippen molar-refractivity contribution in [1.29, 1.82) is 0 Å². The number of fused-ring (bicyclic) bond motifs is 1. The van der Waals surface area contributed by atoms with Crippen molar-refractivity contribution in [3.05, 3.63) is 23.9 Å². The predicted octanol–water partition coefficient (Wildman–Crippen LogP) is 1.04. The van der Waals surface area contributed by atoms with E-state index in [1.54, 1.807) is 6.20 Å². The Morgan fingerprint density at radius 3 is 3.43 bits per heavy atom. The van der Waals surface area contributed by atoms with Gasteiger partial charge in [0.05, 0.1) is 6.04 Å². The summed E-state index contributed by atoms with van der Waals surface area (Å²) in [7, 11) is 0. The molecule has 14 heavy (non-hydrogen) atoms. The lowest BCUT2D eigenvalue weighted by Crippen LogP contribution is -2.28. The number of hydrogen-bond donors (Lipinski definition) is 1. The molecule has 1 aromatic heterocycles. The first kappa shape index (κ1) is 8.99. The Bertz CT molecular complexity index is 352. The molecule has 0 aliphatic carbocycles. The molecule has 2 heterocycles. The van der Waals surface area contributed by atoms with Crippen molar-refractivity contribution in [3.8, 4) is 5.88 Å². The number of nitrogens with one attached hydrogen (secondary N) is 1. The van der Waals surface area contributed by atoms with Crippen LogP contribution in [0.15, 0.2) is 18.3 Å². The molecular weight excluding hydrogens is 180 g/mol. The van der Waals surface area contributed by atoms with E-state index < -0.39 is 0 Å².